The van der Waals surface area contributed by atoms with E-state index in [9.17, 15) is 4.79 Å². The number of benzene rings is 2. The number of rotatable bonds is 5. The lowest BCUT2D eigenvalue weighted by molar-refractivity contribution is 0.102. The Morgan fingerprint density at radius 3 is 2.65 bits per heavy atom. The second kappa shape index (κ2) is 8.01. The van der Waals surface area contributed by atoms with Crippen LogP contribution in [0.4, 0.5) is 5.69 Å². The van der Waals surface area contributed by atoms with Gasteiger partial charge < -0.3 is 14.8 Å². The van der Waals surface area contributed by atoms with Crippen LogP contribution in [0, 0.1) is 10.5 Å². The molecule has 0 aliphatic rings. The molecular weight excluding hydrogens is 473 g/mol. The second-order valence-electron chi connectivity index (χ2n) is 4.84. The fourth-order valence-electron chi connectivity index (χ4n) is 2.10. The summed E-state index contributed by atoms with van der Waals surface area (Å²) in [6.07, 6.45) is 0. The van der Waals surface area contributed by atoms with E-state index in [0.29, 0.717) is 28.1 Å². The minimum Gasteiger partial charge on any atom is -0.493 e. The molecule has 0 fully saturated rings. The first-order valence-corrected chi connectivity index (χ1v) is 8.91. The van der Waals surface area contributed by atoms with Gasteiger partial charge in [-0.3, -0.25) is 4.79 Å². The first kappa shape index (κ1) is 18.1. The Labute approximate surface area is 157 Å². The van der Waals surface area contributed by atoms with E-state index in [4.69, 9.17) is 9.47 Å². The number of anilines is 1. The normalized spacial score (nSPS) is 10.3. The van der Waals surface area contributed by atoms with Crippen LogP contribution in [0.5, 0.6) is 11.5 Å². The Balaban J connectivity index is 2.30. The van der Waals surface area contributed by atoms with Crippen molar-refractivity contribution in [3.05, 3.63) is 49.5 Å². The smallest absolute Gasteiger partial charge is 0.255 e. The molecule has 2 aromatic carbocycles. The monoisotopic (exact) mass is 489 g/mol. The number of aryl methyl sites for hydroxylation is 1. The molecule has 2 rings (SSSR count). The van der Waals surface area contributed by atoms with Crippen molar-refractivity contribution in [2.45, 2.75) is 13.8 Å². The van der Waals surface area contributed by atoms with E-state index in [1.165, 1.54) is 0 Å². The standard InChI is InChI=1S/C17H17BrINO3/c1-4-23-16-13(18)8-11(9-15(16)22-3)17(21)20-14-6-5-12(19)7-10(14)2/h5-9H,4H2,1-3H3,(H,20,21). The van der Waals surface area contributed by atoms with Gasteiger partial charge in [0.2, 0.25) is 0 Å². The predicted molar refractivity (Wildman–Crippen MR) is 104 cm³/mol. The molecule has 0 aliphatic heterocycles. The van der Waals surface area contributed by atoms with Crippen LogP contribution in [-0.4, -0.2) is 19.6 Å². The van der Waals surface area contributed by atoms with Crippen LogP contribution in [0.25, 0.3) is 0 Å². The maximum atomic E-state index is 12.5. The third-order valence-electron chi connectivity index (χ3n) is 3.22. The van der Waals surface area contributed by atoms with E-state index in [-0.39, 0.29) is 5.91 Å². The molecule has 0 saturated carbocycles. The summed E-state index contributed by atoms with van der Waals surface area (Å²) in [6.45, 7) is 4.38. The number of nitrogens with one attached hydrogen (secondary N) is 1. The van der Waals surface area contributed by atoms with E-state index < -0.39 is 0 Å². The minimum atomic E-state index is -0.198. The van der Waals surface area contributed by atoms with E-state index in [2.05, 4.69) is 43.8 Å². The zero-order valence-electron chi connectivity index (χ0n) is 13.1. The number of hydrogen-bond acceptors (Lipinski definition) is 3. The van der Waals surface area contributed by atoms with Gasteiger partial charge in [0.1, 0.15) is 0 Å². The average Bonchev–Trinajstić information content (AvgIpc) is 2.51. The quantitative estimate of drug-likeness (QED) is 0.600. The van der Waals surface area contributed by atoms with Gasteiger partial charge in [0.25, 0.3) is 5.91 Å². The summed E-state index contributed by atoms with van der Waals surface area (Å²) in [5, 5.41) is 2.92. The summed E-state index contributed by atoms with van der Waals surface area (Å²) in [7, 11) is 1.55. The summed E-state index contributed by atoms with van der Waals surface area (Å²) < 4.78 is 12.7. The highest BCUT2D eigenvalue weighted by atomic mass is 127. The fraction of sp³-hybridized carbons (Fsp3) is 0.235. The Hall–Kier alpha value is -1.28. The van der Waals surface area contributed by atoms with Gasteiger partial charge in [0.05, 0.1) is 18.2 Å². The van der Waals surface area contributed by atoms with Crippen molar-refractivity contribution in [2.75, 3.05) is 19.0 Å². The van der Waals surface area contributed by atoms with Crippen molar-refractivity contribution in [1.29, 1.82) is 0 Å². The SMILES string of the molecule is CCOc1c(Br)cc(C(=O)Nc2ccc(I)cc2C)cc1OC. The number of hydrogen-bond donors (Lipinski definition) is 1. The van der Waals surface area contributed by atoms with Gasteiger partial charge in [0, 0.05) is 14.8 Å². The molecule has 0 radical (unpaired) electrons. The summed E-state index contributed by atoms with van der Waals surface area (Å²) in [6, 6.07) is 9.27. The number of methoxy groups -OCH3 is 1. The van der Waals surface area contributed by atoms with Gasteiger partial charge in [0.15, 0.2) is 11.5 Å². The topological polar surface area (TPSA) is 47.6 Å². The molecule has 1 N–H and O–H groups in total. The molecule has 0 aromatic heterocycles. The zero-order chi connectivity index (χ0) is 17.0. The molecule has 0 aliphatic carbocycles. The molecule has 0 spiro atoms. The maximum absolute atomic E-state index is 12.5. The lowest BCUT2D eigenvalue weighted by Gasteiger charge is -2.14. The maximum Gasteiger partial charge on any atom is 0.255 e. The van der Waals surface area contributed by atoms with Crippen molar-refractivity contribution in [1.82, 2.24) is 0 Å². The Morgan fingerprint density at radius 1 is 1.30 bits per heavy atom. The summed E-state index contributed by atoms with van der Waals surface area (Å²) in [5.74, 6) is 0.916. The Morgan fingerprint density at radius 2 is 2.04 bits per heavy atom. The first-order chi connectivity index (χ1) is 11.0. The Kier molecular flexibility index (Phi) is 6.29. The first-order valence-electron chi connectivity index (χ1n) is 7.04. The second-order valence-corrected chi connectivity index (χ2v) is 6.94. The van der Waals surface area contributed by atoms with Crippen molar-refractivity contribution >= 4 is 50.1 Å². The largest absolute Gasteiger partial charge is 0.493 e. The van der Waals surface area contributed by atoms with Gasteiger partial charge in [-0.1, -0.05) is 0 Å². The van der Waals surface area contributed by atoms with Crippen molar-refractivity contribution in [3.8, 4) is 11.5 Å². The number of carbonyl (C=O) groups is 1. The molecule has 122 valence electrons. The summed E-state index contributed by atoms with van der Waals surface area (Å²) in [5.41, 5.74) is 2.30. The molecule has 0 bridgehead atoms. The number of carbonyl (C=O) groups excluding carboxylic acids is 1. The van der Waals surface area contributed by atoms with Crippen molar-refractivity contribution in [3.63, 3.8) is 0 Å². The zero-order valence-corrected chi connectivity index (χ0v) is 16.8. The van der Waals surface area contributed by atoms with Crippen molar-refractivity contribution in [2.24, 2.45) is 0 Å². The number of amides is 1. The van der Waals surface area contributed by atoms with Gasteiger partial charge >= 0.3 is 0 Å². The van der Waals surface area contributed by atoms with E-state index in [1.54, 1.807) is 19.2 Å². The van der Waals surface area contributed by atoms with Gasteiger partial charge in [-0.25, -0.2) is 0 Å². The van der Waals surface area contributed by atoms with Crippen molar-refractivity contribution < 1.29 is 14.3 Å². The third kappa shape index (κ3) is 4.38. The highest BCUT2D eigenvalue weighted by Crippen LogP contribution is 2.36. The highest BCUT2D eigenvalue weighted by Gasteiger charge is 2.16. The molecule has 4 nitrogen and oxygen atoms in total. The molecular formula is C17H17BrINO3. The predicted octanol–water partition coefficient (Wildman–Crippen LogP) is 5.02. The van der Waals surface area contributed by atoms with Crippen LogP contribution in [0.15, 0.2) is 34.8 Å². The van der Waals surface area contributed by atoms with E-state index >= 15 is 0 Å². The van der Waals surface area contributed by atoms with Crippen LogP contribution in [0.1, 0.15) is 22.8 Å². The van der Waals surface area contributed by atoms with Crippen LogP contribution in [0.2, 0.25) is 0 Å². The highest BCUT2D eigenvalue weighted by molar-refractivity contribution is 14.1. The molecule has 2 aromatic rings. The number of halogens is 2. The fourth-order valence-corrected chi connectivity index (χ4v) is 3.30. The average molecular weight is 490 g/mol. The summed E-state index contributed by atoms with van der Waals surface area (Å²) in [4.78, 5) is 12.5. The lowest BCUT2D eigenvalue weighted by Crippen LogP contribution is -2.13. The molecule has 0 saturated heterocycles. The molecule has 1 amide bonds. The van der Waals surface area contributed by atoms with Crippen LogP contribution < -0.4 is 14.8 Å². The summed E-state index contributed by atoms with van der Waals surface area (Å²) >= 11 is 5.67. The molecule has 6 heteroatoms. The van der Waals surface area contributed by atoms with Gasteiger partial charge in [-0.15, -0.1) is 0 Å². The van der Waals surface area contributed by atoms with Gasteiger partial charge in [-0.05, 0) is 88.3 Å². The minimum absolute atomic E-state index is 0.198. The number of ether oxygens (including phenoxy) is 2. The molecule has 23 heavy (non-hydrogen) atoms. The molecule has 0 unspecified atom stereocenters. The van der Waals surface area contributed by atoms with Crippen LogP contribution >= 0.6 is 38.5 Å². The third-order valence-corrected chi connectivity index (χ3v) is 4.48. The van der Waals surface area contributed by atoms with Crippen LogP contribution in [-0.2, 0) is 0 Å². The molecule has 0 heterocycles. The lowest BCUT2D eigenvalue weighted by atomic mass is 10.1. The molecule has 0 atom stereocenters. The van der Waals surface area contributed by atoms with E-state index in [0.717, 1.165) is 14.8 Å². The van der Waals surface area contributed by atoms with E-state index in [1.807, 2.05) is 32.0 Å². The Bertz CT molecular complexity index is 734. The van der Waals surface area contributed by atoms with Crippen LogP contribution in [0.3, 0.4) is 0 Å². The van der Waals surface area contributed by atoms with Gasteiger partial charge in [-0.2, -0.15) is 0 Å².